The minimum Gasteiger partial charge on any atom is -0.450 e. The van der Waals surface area contributed by atoms with E-state index in [1.165, 1.54) is 11.3 Å². The number of nitrogens with zero attached hydrogens (tertiary/aromatic N) is 2. The quantitative estimate of drug-likeness (QED) is 0.572. The van der Waals surface area contributed by atoms with Gasteiger partial charge in [-0.1, -0.05) is 23.7 Å². The highest BCUT2D eigenvalue weighted by Crippen LogP contribution is 2.29. The zero-order chi connectivity index (χ0) is 20.1. The fourth-order valence-corrected chi connectivity index (χ4v) is 3.91. The van der Waals surface area contributed by atoms with Crippen molar-refractivity contribution in [2.24, 2.45) is 0 Å². The van der Waals surface area contributed by atoms with E-state index >= 15 is 0 Å². The topological polar surface area (TPSA) is 85.2 Å². The van der Waals surface area contributed by atoms with Crippen LogP contribution >= 0.6 is 22.9 Å². The van der Waals surface area contributed by atoms with Gasteiger partial charge in [-0.3, -0.25) is 9.48 Å². The van der Waals surface area contributed by atoms with Crippen LogP contribution < -0.4 is 10.6 Å². The van der Waals surface area contributed by atoms with E-state index in [4.69, 9.17) is 16.3 Å². The number of nitrogens with one attached hydrogen (secondary N) is 2. The molecule has 2 aromatic heterocycles. The number of fused-ring (bicyclic) bond motifs is 1. The van der Waals surface area contributed by atoms with Gasteiger partial charge in [0.05, 0.1) is 23.7 Å². The van der Waals surface area contributed by atoms with E-state index in [1.807, 2.05) is 41.9 Å². The zero-order valence-corrected chi connectivity index (χ0v) is 17.2. The predicted molar refractivity (Wildman–Crippen MR) is 110 cm³/mol. The van der Waals surface area contributed by atoms with Crippen molar-refractivity contribution >= 4 is 45.2 Å². The minimum absolute atomic E-state index is 0.177. The average Bonchev–Trinajstić information content (AvgIpc) is 3.22. The molecule has 3 rings (SSSR count). The van der Waals surface area contributed by atoms with Crippen LogP contribution in [0, 0.1) is 6.92 Å². The second-order valence-electron chi connectivity index (χ2n) is 6.10. The third-order valence-electron chi connectivity index (χ3n) is 4.03. The molecule has 0 fully saturated rings. The van der Waals surface area contributed by atoms with Gasteiger partial charge in [-0.25, -0.2) is 4.79 Å². The van der Waals surface area contributed by atoms with E-state index in [1.54, 1.807) is 6.92 Å². The summed E-state index contributed by atoms with van der Waals surface area (Å²) >= 11 is 7.34. The molecule has 2 heterocycles. The summed E-state index contributed by atoms with van der Waals surface area (Å²) in [6, 6.07) is 9.48. The number of carbonyl (C=O) groups excluding carboxylic acids is 2. The number of hydrogen-bond donors (Lipinski definition) is 2. The first-order valence-electron chi connectivity index (χ1n) is 8.88. The molecule has 0 saturated heterocycles. The van der Waals surface area contributed by atoms with Crippen LogP contribution in [0.3, 0.4) is 0 Å². The van der Waals surface area contributed by atoms with Gasteiger partial charge in [-0.05, 0) is 37.6 Å². The molecule has 2 N–H and O–H groups in total. The Kier molecular flexibility index (Phi) is 6.53. The van der Waals surface area contributed by atoms with Crippen molar-refractivity contribution in [2.75, 3.05) is 19.7 Å². The fourth-order valence-electron chi connectivity index (χ4n) is 2.70. The van der Waals surface area contributed by atoms with Crippen molar-refractivity contribution in [3.05, 3.63) is 51.5 Å². The summed E-state index contributed by atoms with van der Waals surface area (Å²) in [6.07, 6.45) is -0.489. The Morgan fingerprint density at radius 2 is 1.93 bits per heavy atom. The van der Waals surface area contributed by atoms with Gasteiger partial charge >= 0.3 is 6.09 Å². The first kappa shape index (κ1) is 20.2. The summed E-state index contributed by atoms with van der Waals surface area (Å²) in [6.45, 7) is 5.21. The van der Waals surface area contributed by atoms with Crippen LogP contribution in [0.5, 0.6) is 0 Å². The summed E-state index contributed by atoms with van der Waals surface area (Å²) in [5.41, 5.74) is 1.96. The van der Waals surface area contributed by atoms with E-state index in [2.05, 4.69) is 15.7 Å². The van der Waals surface area contributed by atoms with Gasteiger partial charge in [0.25, 0.3) is 5.91 Å². The molecule has 7 nitrogen and oxygen atoms in total. The highest BCUT2D eigenvalue weighted by molar-refractivity contribution is 7.20. The van der Waals surface area contributed by atoms with Crippen LogP contribution in [0.25, 0.3) is 10.2 Å². The van der Waals surface area contributed by atoms with Gasteiger partial charge in [-0.15, -0.1) is 11.3 Å². The number of alkyl carbamates (subject to hydrolysis) is 1. The summed E-state index contributed by atoms with van der Waals surface area (Å²) < 4.78 is 6.67. The normalized spacial score (nSPS) is 10.8. The number of carbonyl (C=O) groups is 2. The Bertz CT molecular complexity index is 981. The van der Waals surface area contributed by atoms with Crippen LogP contribution in [0.15, 0.2) is 30.3 Å². The molecule has 0 aliphatic heterocycles. The van der Waals surface area contributed by atoms with Crippen molar-refractivity contribution in [2.45, 2.75) is 20.4 Å². The van der Waals surface area contributed by atoms with Crippen LogP contribution in [0.4, 0.5) is 4.79 Å². The standard InChI is InChI=1S/C19H21ClN4O3S/c1-3-27-19(26)22-9-8-21-17(25)16-10-15-12(2)23-24(18(15)28-16)11-13-4-6-14(20)7-5-13/h4-7,10H,3,8-9,11H2,1-2H3,(H,21,25)(H,22,26). The molecule has 148 valence electrons. The number of aryl methyl sites for hydroxylation is 1. The molecule has 3 aromatic rings. The maximum atomic E-state index is 12.4. The molecule has 28 heavy (non-hydrogen) atoms. The number of aromatic nitrogens is 2. The van der Waals surface area contributed by atoms with Crippen LogP contribution in [-0.2, 0) is 11.3 Å². The van der Waals surface area contributed by atoms with E-state index < -0.39 is 6.09 Å². The minimum atomic E-state index is -0.489. The second-order valence-corrected chi connectivity index (χ2v) is 7.57. The maximum Gasteiger partial charge on any atom is 0.407 e. The number of amides is 2. The smallest absolute Gasteiger partial charge is 0.407 e. The van der Waals surface area contributed by atoms with Crippen LogP contribution in [-0.4, -0.2) is 41.5 Å². The van der Waals surface area contributed by atoms with Gasteiger partial charge < -0.3 is 15.4 Å². The van der Waals surface area contributed by atoms with E-state index in [-0.39, 0.29) is 5.91 Å². The molecule has 0 radical (unpaired) electrons. The number of benzene rings is 1. The molecular formula is C19H21ClN4O3S. The molecule has 0 bridgehead atoms. The molecule has 1 aromatic carbocycles. The number of thiophene rings is 1. The summed E-state index contributed by atoms with van der Waals surface area (Å²) in [5.74, 6) is -0.177. The van der Waals surface area contributed by atoms with Crippen molar-refractivity contribution in [1.29, 1.82) is 0 Å². The molecule has 0 aliphatic rings. The monoisotopic (exact) mass is 420 g/mol. The summed E-state index contributed by atoms with van der Waals surface area (Å²) in [4.78, 5) is 25.2. The number of halogens is 1. The molecule has 0 aliphatic carbocycles. The van der Waals surface area contributed by atoms with Gasteiger partial charge in [0, 0.05) is 23.5 Å². The Labute approximate surface area is 171 Å². The average molecular weight is 421 g/mol. The predicted octanol–water partition coefficient (Wildman–Crippen LogP) is 3.58. The third kappa shape index (κ3) is 4.82. The van der Waals surface area contributed by atoms with Gasteiger partial charge in [0.15, 0.2) is 0 Å². The third-order valence-corrected chi connectivity index (χ3v) is 5.43. The summed E-state index contributed by atoms with van der Waals surface area (Å²) in [7, 11) is 0. The molecule has 0 spiro atoms. The fraction of sp³-hybridized carbons (Fsp3) is 0.316. The Morgan fingerprint density at radius 3 is 2.64 bits per heavy atom. The molecule has 9 heteroatoms. The first-order valence-corrected chi connectivity index (χ1v) is 10.1. The highest BCUT2D eigenvalue weighted by Gasteiger charge is 2.16. The van der Waals surface area contributed by atoms with Crippen LogP contribution in [0.2, 0.25) is 5.02 Å². The lowest BCUT2D eigenvalue weighted by Gasteiger charge is -2.06. The van der Waals surface area contributed by atoms with Gasteiger partial charge in [0.1, 0.15) is 4.83 Å². The van der Waals surface area contributed by atoms with E-state index in [0.717, 1.165) is 21.5 Å². The molecule has 0 atom stereocenters. The Morgan fingerprint density at radius 1 is 1.21 bits per heavy atom. The maximum absolute atomic E-state index is 12.4. The van der Waals surface area contributed by atoms with Crippen molar-refractivity contribution < 1.29 is 14.3 Å². The zero-order valence-electron chi connectivity index (χ0n) is 15.6. The number of ether oxygens (including phenoxy) is 1. The molecular weight excluding hydrogens is 400 g/mol. The highest BCUT2D eigenvalue weighted by atomic mass is 35.5. The lowest BCUT2D eigenvalue weighted by atomic mass is 10.2. The first-order chi connectivity index (χ1) is 13.5. The van der Waals surface area contributed by atoms with Gasteiger partial charge in [-0.2, -0.15) is 5.10 Å². The second kappa shape index (κ2) is 9.07. The summed E-state index contributed by atoms with van der Waals surface area (Å²) in [5, 5.41) is 11.6. The molecule has 2 amide bonds. The Balaban J connectivity index is 1.65. The van der Waals surface area contributed by atoms with Crippen LogP contribution in [0.1, 0.15) is 27.9 Å². The van der Waals surface area contributed by atoms with Crippen molar-refractivity contribution in [1.82, 2.24) is 20.4 Å². The van der Waals surface area contributed by atoms with Gasteiger partial charge in [0.2, 0.25) is 0 Å². The van der Waals surface area contributed by atoms with Crippen molar-refractivity contribution in [3.8, 4) is 0 Å². The number of hydrogen-bond acceptors (Lipinski definition) is 5. The van der Waals surface area contributed by atoms with E-state index in [9.17, 15) is 9.59 Å². The van der Waals surface area contributed by atoms with E-state index in [0.29, 0.717) is 36.1 Å². The van der Waals surface area contributed by atoms with Crippen molar-refractivity contribution in [3.63, 3.8) is 0 Å². The molecule has 0 saturated carbocycles. The number of rotatable bonds is 7. The lowest BCUT2D eigenvalue weighted by Crippen LogP contribution is -2.34. The SMILES string of the molecule is CCOC(=O)NCCNC(=O)c1cc2c(C)nn(Cc3ccc(Cl)cc3)c2s1. The lowest BCUT2D eigenvalue weighted by molar-refractivity contribution is 0.0956. The largest absolute Gasteiger partial charge is 0.450 e. The Hall–Kier alpha value is -2.58. The molecule has 0 unspecified atom stereocenters.